The summed E-state index contributed by atoms with van der Waals surface area (Å²) in [6, 6.07) is 21.7. The van der Waals surface area contributed by atoms with Crippen LogP contribution in [0.1, 0.15) is 0 Å². The quantitative estimate of drug-likeness (QED) is 0.330. The lowest BCUT2D eigenvalue weighted by Crippen LogP contribution is -2.04. The first-order chi connectivity index (χ1) is 14.2. The van der Waals surface area contributed by atoms with Gasteiger partial charge in [0.2, 0.25) is 0 Å². The van der Waals surface area contributed by atoms with Crippen LogP contribution in [0.4, 0.5) is 4.39 Å². The van der Waals surface area contributed by atoms with Crippen molar-refractivity contribution < 1.29 is 9.50 Å². The molecule has 0 atom stereocenters. The Morgan fingerprint density at radius 1 is 0.931 bits per heavy atom. The Hall–Kier alpha value is -2.89. The average Bonchev–Trinajstić information content (AvgIpc) is 3.27. The minimum atomic E-state index is -0.271. The van der Waals surface area contributed by atoms with Crippen LogP contribution in [0.3, 0.4) is 0 Å². The standard InChI is InChI=1S/C24H18BrFN2O/c25-17-7-8-21-18(13-17)20(14-27-21)24-23(26)19-12-16(15-4-2-1-3-5-15)6-9-22(19)28(24)10-11-29/h1-9,12-14,27,29H,10-11H2. The van der Waals surface area contributed by atoms with Gasteiger partial charge in [-0.2, -0.15) is 0 Å². The summed E-state index contributed by atoms with van der Waals surface area (Å²) in [6.07, 6.45) is 1.83. The summed E-state index contributed by atoms with van der Waals surface area (Å²) < 4.78 is 18.6. The van der Waals surface area contributed by atoms with E-state index in [0.717, 1.165) is 37.6 Å². The van der Waals surface area contributed by atoms with Gasteiger partial charge in [-0.15, -0.1) is 0 Å². The van der Waals surface area contributed by atoms with E-state index in [1.54, 1.807) is 0 Å². The van der Waals surface area contributed by atoms with E-state index in [2.05, 4.69) is 20.9 Å². The van der Waals surface area contributed by atoms with Crippen molar-refractivity contribution in [2.24, 2.45) is 0 Å². The normalized spacial score (nSPS) is 11.6. The molecule has 0 saturated heterocycles. The third kappa shape index (κ3) is 2.98. The second-order valence-electron chi connectivity index (χ2n) is 7.03. The lowest BCUT2D eigenvalue weighted by Gasteiger charge is -2.09. The van der Waals surface area contributed by atoms with Crippen LogP contribution in [-0.4, -0.2) is 21.3 Å². The van der Waals surface area contributed by atoms with Crippen molar-refractivity contribution in [3.63, 3.8) is 0 Å². The van der Waals surface area contributed by atoms with Crippen LogP contribution in [0.2, 0.25) is 0 Å². The van der Waals surface area contributed by atoms with Gasteiger partial charge in [-0.3, -0.25) is 0 Å². The second-order valence-corrected chi connectivity index (χ2v) is 7.94. The van der Waals surface area contributed by atoms with Crippen molar-refractivity contribution in [1.29, 1.82) is 0 Å². The summed E-state index contributed by atoms with van der Waals surface area (Å²) in [5, 5.41) is 11.1. The molecule has 0 radical (unpaired) electrons. The first-order valence-corrected chi connectivity index (χ1v) is 10.2. The zero-order valence-electron chi connectivity index (χ0n) is 15.5. The van der Waals surface area contributed by atoms with E-state index in [4.69, 9.17) is 0 Å². The molecule has 0 aliphatic rings. The number of aromatic amines is 1. The van der Waals surface area contributed by atoms with Crippen molar-refractivity contribution in [2.45, 2.75) is 6.54 Å². The molecule has 0 spiro atoms. The number of hydrogen-bond donors (Lipinski definition) is 2. The summed E-state index contributed by atoms with van der Waals surface area (Å²) >= 11 is 3.51. The average molecular weight is 449 g/mol. The lowest BCUT2D eigenvalue weighted by atomic mass is 10.0. The number of benzene rings is 3. The van der Waals surface area contributed by atoms with Gasteiger partial charge in [-0.1, -0.05) is 52.3 Å². The van der Waals surface area contributed by atoms with Crippen LogP contribution < -0.4 is 0 Å². The van der Waals surface area contributed by atoms with Gasteiger partial charge in [0.15, 0.2) is 5.82 Å². The van der Waals surface area contributed by atoms with Gasteiger partial charge in [-0.25, -0.2) is 4.39 Å². The number of H-pyrrole nitrogens is 1. The van der Waals surface area contributed by atoms with E-state index in [0.29, 0.717) is 17.6 Å². The van der Waals surface area contributed by atoms with Crippen LogP contribution in [0.25, 0.3) is 44.2 Å². The molecule has 0 unspecified atom stereocenters. The van der Waals surface area contributed by atoms with E-state index in [-0.39, 0.29) is 12.4 Å². The predicted molar refractivity (Wildman–Crippen MR) is 119 cm³/mol. The van der Waals surface area contributed by atoms with E-state index in [1.807, 2.05) is 77.5 Å². The molecule has 2 N–H and O–H groups in total. The zero-order valence-corrected chi connectivity index (χ0v) is 17.1. The molecule has 0 bridgehead atoms. The SMILES string of the molecule is OCCn1c(-c2c[nH]c3ccc(Br)cc23)c(F)c2cc(-c3ccccc3)ccc21. The van der Waals surface area contributed by atoms with Gasteiger partial charge in [0, 0.05) is 39.1 Å². The lowest BCUT2D eigenvalue weighted by molar-refractivity contribution is 0.278. The minimum absolute atomic E-state index is 0.0668. The first kappa shape index (κ1) is 18.2. The monoisotopic (exact) mass is 448 g/mol. The molecule has 0 aliphatic heterocycles. The maximum Gasteiger partial charge on any atom is 0.156 e. The van der Waals surface area contributed by atoms with Crippen LogP contribution in [0.15, 0.2) is 77.4 Å². The highest BCUT2D eigenvalue weighted by molar-refractivity contribution is 9.10. The van der Waals surface area contributed by atoms with E-state index >= 15 is 4.39 Å². The number of fused-ring (bicyclic) bond motifs is 2. The molecule has 3 nitrogen and oxygen atoms in total. The van der Waals surface area contributed by atoms with Crippen molar-refractivity contribution in [3.8, 4) is 22.4 Å². The molecular formula is C24H18BrFN2O. The highest BCUT2D eigenvalue weighted by atomic mass is 79.9. The molecule has 5 rings (SSSR count). The number of aliphatic hydroxyl groups is 1. The van der Waals surface area contributed by atoms with Crippen LogP contribution in [0, 0.1) is 5.82 Å². The van der Waals surface area contributed by atoms with Gasteiger partial charge in [0.25, 0.3) is 0 Å². The summed E-state index contributed by atoms with van der Waals surface area (Å²) in [5.41, 5.74) is 4.99. The Kier molecular flexibility index (Phi) is 4.49. The Balaban J connectivity index is 1.79. The molecule has 0 aliphatic carbocycles. The van der Waals surface area contributed by atoms with Crippen molar-refractivity contribution in [3.05, 3.63) is 83.2 Å². The van der Waals surface area contributed by atoms with E-state index < -0.39 is 0 Å². The van der Waals surface area contributed by atoms with Gasteiger partial charge in [0.05, 0.1) is 17.8 Å². The largest absolute Gasteiger partial charge is 0.395 e. The maximum atomic E-state index is 15.8. The molecule has 3 aromatic carbocycles. The van der Waals surface area contributed by atoms with Crippen molar-refractivity contribution >= 4 is 37.7 Å². The molecule has 29 heavy (non-hydrogen) atoms. The number of nitrogens with zero attached hydrogens (tertiary/aromatic N) is 1. The molecule has 0 amide bonds. The second kappa shape index (κ2) is 7.17. The van der Waals surface area contributed by atoms with Gasteiger partial charge in [0.1, 0.15) is 0 Å². The Morgan fingerprint density at radius 2 is 1.76 bits per heavy atom. The Bertz CT molecular complexity index is 1340. The molecular weight excluding hydrogens is 431 g/mol. The number of aliphatic hydroxyl groups excluding tert-OH is 1. The highest BCUT2D eigenvalue weighted by Crippen LogP contribution is 2.38. The van der Waals surface area contributed by atoms with Gasteiger partial charge < -0.3 is 14.7 Å². The summed E-state index contributed by atoms with van der Waals surface area (Å²) in [4.78, 5) is 3.23. The smallest absolute Gasteiger partial charge is 0.156 e. The third-order valence-corrected chi connectivity index (χ3v) is 5.82. The van der Waals surface area contributed by atoms with Crippen molar-refractivity contribution in [1.82, 2.24) is 9.55 Å². The topological polar surface area (TPSA) is 41.0 Å². The molecule has 144 valence electrons. The molecule has 5 aromatic rings. The van der Waals surface area contributed by atoms with Gasteiger partial charge >= 0.3 is 0 Å². The maximum absolute atomic E-state index is 15.8. The summed E-state index contributed by atoms with van der Waals surface area (Å²) in [7, 11) is 0. The Morgan fingerprint density at radius 3 is 2.55 bits per heavy atom. The van der Waals surface area contributed by atoms with E-state index in [9.17, 15) is 5.11 Å². The van der Waals surface area contributed by atoms with Crippen LogP contribution in [0.5, 0.6) is 0 Å². The zero-order chi connectivity index (χ0) is 20.0. The molecule has 2 heterocycles. The summed E-state index contributed by atoms with van der Waals surface area (Å²) in [6.45, 7) is 0.254. The minimum Gasteiger partial charge on any atom is -0.395 e. The number of hydrogen-bond acceptors (Lipinski definition) is 1. The number of rotatable bonds is 4. The third-order valence-electron chi connectivity index (χ3n) is 5.33. The first-order valence-electron chi connectivity index (χ1n) is 9.42. The molecule has 0 saturated carbocycles. The van der Waals surface area contributed by atoms with Gasteiger partial charge in [-0.05, 0) is 41.5 Å². The van der Waals surface area contributed by atoms with Crippen LogP contribution in [-0.2, 0) is 6.54 Å². The molecule has 0 fully saturated rings. The van der Waals surface area contributed by atoms with Crippen molar-refractivity contribution in [2.75, 3.05) is 6.61 Å². The molecule has 5 heteroatoms. The fourth-order valence-electron chi connectivity index (χ4n) is 4.01. The predicted octanol–water partition coefficient (Wildman–Crippen LogP) is 6.35. The fourth-order valence-corrected chi connectivity index (χ4v) is 4.37. The number of nitrogens with one attached hydrogen (secondary N) is 1. The number of halogens is 2. The number of aromatic nitrogens is 2. The Labute approximate surface area is 175 Å². The fraction of sp³-hybridized carbons (Fsp3) is 0.0833. The van der Waals surface area contributed by atoms with Crippen LogP contribution >= 0.6 is 15.9 Å². The van der Waals surface area contributed by atoms with E-state index in [1.165, 1.54) is 0 Å². The highest BCUT2D eigenvalue weighted by Gasteiger charge is 2.21. The molecule has 2 aromatic heterocycles. The summed E-state index contributed by atoms with van der Waals surface area (Å²) in [5.74, 6) is -0.271.